The summed E-state index contributed by atoms with van der Waals surface area (Å²) in [5.74, 6) is 1.95. The van der Waals surface area contributed by atoms with E-state index in [-0.39, 0.29) is 5.91 Å². The van der Waals surface area contributed by atoms with E-state index in [1.165, 1.54) is 6.08 Å². The molecule has 3 aromatic rings. The van der Waals surface area contributed by atoms with Gasteiger partial charge in [0.15, 0.2) is 17.3 Å². The lowest BCUT2D eigenvalue weighted by atomic mass is 10.2. The molecular weight excluding hydrogens is 380 g/mol. The minimum Gasteiger partial charge on any atom is -0.493 e. The molecule has 30 heavy (non-hydrogen) atoms. The van der Waals surface area contributed by atoms with Crippen molar-refractivity contribution in [3.63, 3.8) is 0 Å². The van der Waals surface area contributed by atoms with Crippen LogP contribution in [0, 0.1) is 5.92 Å². The Morgan fingerprint density at radius 3 is 2.80 bits per heavy atom. The summed E-state index contributed by atoms with van der Waals surface area (Å²) in [6.07, 6.45) is 6.72. The molecule has 2 heterocycles. The van der Waals surface area contributed by atoms with Crippen LogP contribution in [0.3, 0.4) is 0 Å². The lowest BCUT2D eigenvalue weighted by Crippen LogP contribution is -2.09. The molecule has 0 atom stereocenters. The third-order valence-electron chi connectivity index (χ3n) is 4.13. The molecule has 0 aliphatic carbocycles. The Balaban J connectivity index is 1.58. The van der Waals surface area contributed by atoms with Gasteiger partial charge in [0.25, 0.3) is 0 Å². The molecule has 2 aromatic heterocycles. The first-order valence-electron chi connectivity index (χ1n) is 9.77. The van der Waals surface area contributed by atoms with Crippen molar-refractivity contribution in [1.82, 2.24) is 14.8 Å². The fraction of sp³-hybridized carbons (Fsp3) is 0.261. The number of benzene rings is 1. The average Bonchev–Trinajstić information content (AvgIpc) is 3.18. The first-order valence-corrected chi connectivity index (χ1v) is 9.77. The molecule has 7 nitrogen and oxygen atoms in total. The van der Waals surface area contributed by atoms with Crippen molar-refractivity contribution in [3.05, 3.63) is 72.2 Å². The van der Waals surface area contributed by atoms with Gasteiger partial charge in [0.05, 0.1) is 26.0 Å². The zero-order valence-corrected chi connectivity index (χ0v) is 17.4. The van der Waals surface area contributed by atoms with Gasteiger partial charge in [0, 0.05) is 24.5 Å². The maximum Gasteiger partial charge on any atom is 0.249 e. The van der Waals surface area contributed by atoms with Gasteiger partial charge in [-0.05, 0) is 41.8 Å². The second-order valence-corrected chi connectivity index (χ2v) is 7.16. The lowest BCUT2D eigenvalue weighted by Gasteiger charge is -2.12. The summed E-state index contributed by atoms with van der Waals surface area (Å²) in [7, 11) is 1.60. The highest BCUT2D eigenvalue weighted by atomic mass is 16.5. The van der Waals surface area contributed by atoms with E-state index in [1.54, 1.807) is 36.3 Å². The molecule has 0 aliphatic rings. The van der Waals surface area contributed by atoms with Crippen molar-refractivity contribution >= 4 is 17.8 Å². The first kappa shape index (κ1) is 21.1. The number of hydrogen-bond donors (Lipinski definition) is 1. The summed E-state index contributed by atoms with van der Waals surface area (Å²) >= 11 is 0. The largest absolute Gasteiger partial charge is 0.493 e. The number of amides is 1. The minimum atomic E-state index is -0.266. The van der Waals surface area contributed by atoms with Gasteiger partial charge in [-0.1, -0.05) is 26.0 Å². The van der Waals surface area contributed by atoms with Crippen molar-refractivity contribution in [2.24, 2.45) is 5.92 Å². The number of anilines is 1. The third kappa shape index (κ3) is 6.20. The number of nitrogens with one attached hydrogen (secondary N) is 1. The van der Waals surface area contributed by atoms with Crippen LogP contribution in [0.15, 0.2) is 60.9 Å². The highest BCUT2D eigenvalue weighted by Gasteiger charge is 2.07. The van der Waals surface area contributed by atoms with Crippen LogP contribution in [0.5, 0.6) is 11.5 Å². The summed E-state index contributed by atoms with van der Waals surface area (Å²) in [6.45, 7) is 5.33. The number of nitrogens with zero attached hydrogens (tertiary/aromatic N) is 3. The van der Waals surface area contributed by atoms with Crippen molar-refractivity contribution in [2.45, 2.75) is 20.4 Å². The average molecular weight is 406 g/mol. The predicted octanol–water partition coefficient (Wildman–Crippen LogP) is 4.02. The lowest BCUT2D eigenvalue weighted by molar-refractivity contribution is -0.111. The Bertz CT molecular complexity index is 997. The number of ether oxygens (including phenoxy) is 2. The molecule has 3 rings (SSSR count). The van der Waals surface area contributed by atoms with Crippen LogP contribution in [0.25, 0.3) is 6.08 Å². The van der Waals surface area contributed by atoms with E-state index in [1.807, 2.05) is 36.4 Å². The maximum atomic E-state index is 12.2. The molecule has 1 amide bonds. The molecule has 0 saturated carbocycles. The molecule has 7 heteroatoms. The van der Waals surface area contributed by atoms with Crippen LogP contribution in [0.1, 0.15) is 25.1 Å². The van der Waals surface area contributed by atoms with Gasteiger partial charge in [-0.25, -0.2) is 0 Å². The zero-order chi connectivity index (χ0) is 21.3. The standard InChI is InChI=1S/C23H26N4O3/c1-17(2)16-30-20-9-7-18(14-21(20)29-3)8-10-23(28)25-22-11-13-27(26-22)15-19-6-4-5-12-24-19/h4-14,17H,15-16H2,1-3H3,(H,25,26,28)/b10-8+. The molecule has 0 radical (unpaired) electrons. The van der Waals surface area contributed by atoms with E-state index in [9.17, 15) is 4.79 Å². The molecule has 0 saturated heterocycles. The topological polar surface area (TPSA) is 78.3 Å². The zero-order valence-electron chi connectivity index (χ0n) is 17.4. The van der Waals surface area contributed by atoms with Crippen LogP contribution < -0.4 is 14.8 Å². The number of pyridine rings is 1. The number of methoxy groups -OCH3 is 1. The monoisotopic (exact) mass is 406 g/mol. The Hall–Kier alpha value is -3.61. The fourth-order valence-electron chi connectivity index (χ4n) is 2.68. The molecule has 1 aromatic carbocycles. The molecular formula is C23H26N4O3. The van der Waals surface area contributed by atoms with E-state index in [0.29, 0.717) is 36.4 Å². The second kappa shape index (κ2) is 10.2. The second-order valence-electron chi connectivity index (χ2n) is 7.16. The van der Waals surface area contributed by atoms with Gasteiger partial charge in [-0.15, -0.1) is 0 Å². The Labute approximate surface area is 176 Å². The van der Waals surface area contributed by atoms with Crippen molar-refractivity contribution in [2.75, 3.05) is 19.0 Å². The van der Waals surface area contributed by atoms with Gasteiger partial charge in [0.2, 0.25) is 5.91 Å². The number of aromatic nitrogens is 3. The number of rotatable bonds is 9. The number of carbonyl (C=O) groups excluding carboxylic acids is 1. The molecule has 156 valence electrons. The van der Waals surface area contributed by atoms with Gasteiger partial charge < -0.3 is 14.8 Å². The van der Waals surface area contributed by atoms with Crippen LogP contribution >= 0.6 is 0 Å². The smallest absolute Gasteiger partial charge is 0.249 e. The molecule has 0 aliphatic heterocycles. The quantitative estimate of drug-likeness (QED) is 0.543. The van der Waals surface area contributed by atoms with E-state index in [2.05, 4.69) is 29.2 Å². The molecule has 0 spiro atoms. The van der Waals surface area contributed by atoms with Gasteiger partial charge in [0.1, 0.15) is 0 Å². The van der Waals surface area contributed by atoms with Crippen molar-refractivity contribution in [3.8, 4) is 11.5 Å². The van der Waals surface area contributed by atoms with Crippen LogP contribution in [-0.4, -0.2) is 34.4 Å². The van der Waals surface area contributed by atoms with E-state index < -0.39 is 0 Å². The first-order chi connectivity index (χ1) is 14.5. The van der Waals surface area contributed by atoms with Crippen LogP contribution in [0.2, 0.25) is 0 Å². The fourth-order valence-corrected chi connectivity index (χ4v) is 2.68. The van der Waals surface area contributed by atoms with E-state index in [4.69, 9.17) is 9.47 Å². The molecule has 1 N–H and O–H groups in total. The minimum absolute atomic E-state index is 0.266. The van der Waals surface area contributed by atoms with Crippen molar-refractivity contribution in [1.29, 1.82) is 0 Å². The van der Waals surface area contributed by atoms with Gasteiger partial charge in [-0.2, -0.15) is 5.10 Å². The van der Waals surface area contributed by atoms with E-state index in [0.717, 1.165) is 11.3 Å². The van der Waals surface area contributed by atoms with Gasteiger partial charge >= 0.3 is 0 Å². The van der Waals surface area contributed by atoms with Crippen molar-refractivity contribution < 1.29 is 14.3 Å². The number of carbonyl (C=O) groups is 1. The number of hydrogen-bond acceptors (Lipinski definition) is 5. The highest BCUT2D eigenvalue weighted by Crippen LogP contribution is 2.29. The summed E-state index contributed by atoms with van der Waals surface area (Å²) in [5.41, 5.74) is 1.73. The van der Waals surface area contributed by atoms with Crippen LogP contribution in [0.4, 0.5) is 5.82 Å². The predicted molar refractivity (Wildman–Crippen MR) is 117 cm³/mol. The summed E-state index contributed by atoms with van der Waals surface area (Å²) in [6, 6.07) is 13.0. The Morgan fingerprint density at radius 2 is 2.07 bits per heavy atom. The summed E-state index contributed by atoms with van der Waals surface area (Å²) in [5, 5.41) is 7.11. The van der Waals surface area contributed by atoms with Crippen LogP contribution in [-0.2, 0) is 11.3 Å². The SMILES string of the molecule is COc1cc(/C=C/C(=O)Nc2ccn(Cc3ccccn3)n2)ccc1OCC(C)C. The maximum absolute atomic E-state index is 12.2. The highest BCUT2D eigenvalue weighted by molar-refractivity contribution is 6.01. The molecule has 0 unspecified atom stereocenters. The third-order valence-corrected chi connectivity index (χ3v) is 4.13. The summed E-state index contributed by atoms with van der Waals surface area (Å²) in [4.78, 5) is 16.5. The summed E-state index contributed by atoms with van der Waals surface area (Å²) < 4.78 is 12.9. The molecule has 0 bridgehead atoms. The van der Waals surface area contributed by atoms with E-state index >= 15 is 0 Å². The Morgan fingerprint density at radius 1 is 1.20 bits per heavy atom. The van der Waals surface area contributed by atoms with Gasteiger partial charge in [-0.3, -0.25) is 14.5 Å². The molecule has 0 fully saturated rings. The normalized spacial score (nSPS) is 11.1. The Kier molecular flexibility index (Phi) is 7.21.